The van der Waals surface area contributed by atoms with E-state index >= 15 is 0 Å². The van der Waals surface area contributed by atoms with E-state index < -0.39 is 4.92 Å². The fourth-order valence-corrected chi connectivity index (χ4v) is 2.90. The van der Waals surface area contributed by atoms with E-state index in [2.05, 4.69) is 26.0 Å². The van der Waals surface area contributed by atoms with Gasteiger partial charge in [0, 0.05) is 16.5 Å². The van der Waals surface area contributed by atoms with Crippen molar-refractivity contribution in [2.75, 3.05) is 0 Å². The highest BCUT2D eigenvalue weighted by Crippen LogP contribution is 2.19. The normalized spacial score (nSPS) is 11.5. The molecule has 132 valence electrons. The quantitative estimate of drug-likeness (QED) is 0.365. The second-order valence-electron chi connectivity index (χ2n) is 5.96. The average molecular weight is 415 g/mol. The number of halogens is 1. The second kappa shape index (κ2) is 7.17. The summed E-state index contributed by atoms with van der Waals surface area (Å²) in [5.74, 6) is 0.429. The summed E-state index contributed by atoms with van der Waals surface area (Å²) in [4.78, 5) is 28.1. The Hall–Kier alpha value is -2.87. The number of nitro benzene ring substituents is 1. The minimum Gasteiger partial charge on any atom is -0.267 e. The van der Waals surface area contributed by atoms with Crippen LogP contribution in [0.25, 0.3) is 10.9 Å². The highest BCUT2D eigenvalue weighted by atomic mass is 79.9. The van der Waals surface area contributed by atoms with Gasteiger partial charge in [-0.15, -0.1) is 0 Å². The van der Waals surface area contributed by atoms with Crippen LogP contribution in [-0.2, 0) is 0 Å². The molecule has 7 nitrogen and oxygen atoms in total. The van der Waals surface area contributed by atoms with Crippen LogP contribution in [0.5, 0.6) is 0 Å². The number of fused-ring (bicyclic) bond motifs is 1. The minimum absolute atomic E-state index is 0.0568. The highest BCUT2D eigenvalue weighted by Gasteiger charge is 2.15. The van der Waals surface area contributed by atoms with E-state index in [1.807, 2.05) is 19.9 Å². The molecule has 0 fully saturated rings. The molecule has 0 spiro atoms. The van der Waals surface area contributed by atoms with Crippen LogP contribution in [-0.4, -0.2) is 20.8 Å². The predicted molar refractivity (Wildman–Crippen MR) is 104 cm³/mol. The van der Waals surface area contributed by atoms with Crippen LogP contribution in [0.15, 0.2) is 56.8 Å². The molecule has 0 bridgehead atoms. The van der Waals surface area contributed by atoms with Crippen molar-refractivity contribution >= 4 is 38.7 Å². The van der Waals surface area contributed by atoms with Crippen molar-refractivity contribution in [3.8, 4) is 0 Å². The van der Waals surface area contributed by atoms with Gasteiger partial charge in [-0.25, -0.2) is 4.98 Å². The summed E-state index contributed by atoms with van der Waals surface area (Å²) >= 11 is 3.35. The van der Waals surface area contributed by atoms with Crippen LogP contribution in [0.3, 0.4) is 0 Å². The Balaban J connectivity index is 2.21. The SMILES string of the molecule is CC(C)c1nc2ccc(Br)cc2c(=O)n1N=Cc1ccccc1[N+](=O)[O-]. The molecule has 3 aromatic rings. The molecule has 0 amide bonds. The Kier molecular flexibility index (Phi) is 4.94. The lowest BCUT2D eigenvalue weighted by Crippen LogP contribution is -2.23. The molecule has 0 aliphatic heterocycles. The number of hydrogen-bond donors (Lipinski definition) is 0. The first-order valence-electron chi connectivity index (χ1n) is 7.88. The van der Waals surface area contributed by atoms with Gasteiger partial charge in [-0.1, -0.05) is 41.9 Å². The molecule has 0 atom stereocenters. The van der Waals surface area contributed by atoms with E-state index in [0.29, 0.717) is 22.3 Å². The summed E-state index contributed by atoms with van der Waals surface area (Å²) in [6.07, 6.45) is 1.32. The second-order valence-corrected chi connectivity index (χ2v) is 6.88. The zero-order valence-corrected chi connectivity index (χ0v) is 15.7. The molecule has 1 heterocycles. The number of benzene rings is 2. The largest absolute Gasteiger partial charge is 0.282 e. The molecule has 26 heavy (non-hydrogen) atoms. The fourth-order valence-electron chi connectivity index (χ4n) is 2.53. The van der Waals surface area contributed by atoms with Crippen LogP contribution in [0.1, 0.15) is 31.2 Å². The predicted octanol–water partition coefficient (Wildman–Crippen LogP) is 4.07. The molecule has 1 aromatic heterocycles. The first-order chi connectivity index (χ1) is 12.4. The van der Waals surface area contributed by atoms with E-state index in [-0.39, 0.29) is 17.2 Å². The van der Waals surface area contributed by atoms with Gasteiger partial charge in [0.2, 0.25) is 0 Å². The summed E-state index contributed by atoms with van der Waals surface area (Å²) in [6, 6.07) is 11.5. The number of nitro groups is 1. The number of hydrogen-bond acceptors (Lipinski definition) is 5. The molecule has 3 rings (SSSR count). The van der Waals surface area contributed by atoms with Crippen molar-refractivity contribution in [2.24, 2.45) is 5.10 Å². The minimum atomic E-state index is -0.483. The average Bonchev–Trinajstić information content (AvgIpc) is 2.61. The lowest BCUT2D eigenvalue weighted by atomic mass is 10.2. The van der Waals surface area contributed by atoms with Crippen LogP contribution in [0.2, 0.25) is 0 Å². The number of rotatable bonds is 4. The molecule has 0 unspecified atom stereocenters. The van der Waals surface area contributed by atoms with Gasteiger partial charge in [0.05, 0.1) is 27.6 Å². The van der Waals surface area contributed by atoms with Crippen LogP contribution >= 0.6 is 15.9 Å². The highest BCUT2D eigenvalue weighted by molar-refractivity contribution is 9.10. The Labute approximate surface area is 157 Å². The van der Waals surface area contributed by atoms with E-state index in [9.17, 15) is 14.9 Å². The standard InChI is InChI=1S/C18H15BrN4O3/c1-11(2)17-21-15-8-7-13(19)9-14(15)18(24)22(17)20-10-12-5-3-4-6-16(12)23(25)26/h3-11H,1-2H3. The van der Waals surface area contributed by atoms with E-state index in [0.717, 1.165) is 4.47 Å². The maximum absolute atomic E-state index is 12.9. The van der Waals surface area contributed by atoms with Crippen LogP contribution in [0.4, 0.5) is 5.69 Å². The number of para-hydroxylation sites is 1. The lowest BCUT2D eigenvalue weighted by molar-refractivity contribution is -0.385. The zero-order valence-electron chi connectivity index (χ0n) is 14.1. The third-order valence-electron chi connectivity index (χ3n) is 3.80. The van der Waals surface area contributed by atoms with Crippen molar-refractivity contribution in [3.63, 3.8) is 0 Å². The molecule has 0 saturated carbocycles. The molecular weight excluding hydrogens is 400 g/mol. The van der Waals surface area contributed by atoms with Crippen molar-refractivity contribution in [3.05, 3.63) is 78.8 Å². The molecule has 0 N–H and O–H groups in total. The van der Waals surface area contributed by atoms with Gasteiger partial charge in [-0.2, -0.15) is 9.78 Å². The van der Waals surface area contributed by atoms with E-state index in [1.165, 1.54) is 17.0 Å². The van der Waals surface area contributed by atoms with Gasteiger partial charge in [-0.05, 0) is 24.3 Å². The molecule has 0 radical (unpaired) electrons. The zero-order chi connectivity index (χ0) is 18.8. The molecule has 0 aliphatic rings. The Morgan fingerprint density at radius 1 is 1.27 bits per heavy atom. The monoisotopic (exact) mass is 414 g/mol. The Bertz CT molecular complexity index is 1090. The molecule has 0 aliphatic carbocycles. The van der Waals surface area contributed by atoms with Crippen molar-refractivity contribution in [1.29, 1.82) is 0 Å². The fraction of sp³-hybridized carbons (Fsp3) is 0.167. The smallest absolute Gasteiger partial charge is 0.267 e. The van der Waals surface area contributed by atoms with Gasteiger partial charge >= 0.3 is 0 Å². The van der Waals surface area contributed by atoms with Crippen LogP contribution in [0, 0.1) is 10.1 Å². The molecular formula is C18H15BrN4O3. The number of aromatic nitrogens is 2. The summed E-state index contributed by atoms with van der Waals surface area (Å²) in [6.45, 7) is 3.81. The summed E-state index contributed by atoms with van der Waals surface area (Å²) in [7, 11) is 0. The molecule has 8 heteroatoms. The maximum atomic E-state index is 12.9. The number of nitrogens with zero attached hydrogens (tertiary/aromatic N) is 4. The maximum Gasteiger partial charge on any atom is 0.282 e. The van der Waals surface area contributed by atoms with Crippen molar-refractivity contribution in [2.45, 2.75) is 19.8 Å². The summed E-state index contributed by atoms with van der Waals surface area (Å²) < 4.78 is 1.96. The Morgan fingerprint density at radius 2 is 2.00 bits per heavy atom. The summed E-state index contributed by atoms with van der Waals surface area (Å²) in [5, 5.41) is 15.8. The van der Waals surface area contributed by atoms with E-state index in [4.69, 9.17) is 0 Å². The van der Waals surface area contributed by atoms with Gasteiger partial charge < -0.3 is 0 Å². The van der Waals surface area contributed by atoms with E-state index in [1.54, 1.807) is 30.3 Å². The third kappa shape index (κ3) is 3.41. The third-order valence-corrected chi connectivity index (χ3v) is 4.29. The van der Waals surface area contributed by atoms with Gasteiger partial charge in [0.1, 0.15) is 5.82 Å². The molecule has 0 saturated heterocycles. The van der Waals surface area contributed by atoms with Gasteiger partial charge in [0.15, 0.2) is 0 Å². The lowest BCUT2D eigenvalue weighted by Gasteiger charge is -2.11. The topological polar surface area (TPSA) is 90.4 Å². The summed E-state index contributed by atoms with van der Waals surface area (Å²) in [5.41, 5.74) is 0.495. The molecule has 2 aromatic carbocycles. The van der Waals surface area contributed by atoms with Crippen molar-refractivity contribution in [1.82, 2.24) is 9.66 Å². The van der Waals surface area contributed by atoms with Gasteiger partial charge in [0.25, 0.3) is 11.2 Å². The van der Waals surface area contributed by atoms with Gasteiger partial charge in [-0.3, -0.25) is 14.9 Å². The Morgan fingerprint density at radius 3 is 2.69 bits per heavy atom. The first kappa shape index (κ1) is 17.9. The van der Waals surface area contributed by atoms with Crippen molar-refractivity contribution < 1.29 is 4.92 Å². The first-order valence-corrected chi connectivity index (χ1v) is 8.67. The van der Waals surface area contributed by atoms with Crippen LogP contribution < -0.4 is 5.56 Å².